The molecule has 0 aromatic carbocycles. The van der Waals surface area contributed by atoms with Crippen molar-refractivity contribution in [2.75, 3.05) is 12.3 Å². The zero-order chi connectivity index (χ0) is 13.3. The van der Waals surface area contributed by atoms with Gasteiger partial charge in [0.1, 0.15) is 0 Å². The molecule has 0 spiro atoms. The van der Waals surface area contributed by atoms with Gasteiger partial charge in [-0.1, -0.05) is 12.8 Å². The molecule has 7 heteroatoms. The maximum absolute atomic E-state index is 11.9. The predicted molar refractivity (Wildman–Crippen MR) is 66.1 cm³/mol. The number of aliphatic hydroxyl groups excluding tert-OH is 1. The Morgan fingerprint density at radius 1 is 1.33 bits per heavy atom. The fourth-order valence-electron chi connectivity index (χ4n) is 3.02. The van der Waals surface area contributed by atoms with E-state index in [1.807, 2.05) is 0 Å². The summed E-state index contributed by atoms with van der Waals surface area (Å²) in [4.78, 5) is 13.5. The number of likely N-dealkylation sites (tertiary alicyclic amines) is 1. The Hall–Kier alpha value is -0.660. The minimum atomic E-state index is -3.54. The summed E-state index contributed by atoms with van der Waals surface area (Å²) < 4.78 is 22.1. The van der Waals surface area contributed by atoms with Gasteiger partial charge in [0, 0.05) is 18.9 Å². The predicted octanol–water partition coefficient (Wildman–Crippen LogP) is -0.573. The van der Waals surface area contributed by atoms with Crippen molar-refractivity contribution in [3.63, 3.8) is 0 Å². The van der Waals surface area contributed by atoms with Gasteiger partial charge in [-0.25, -0.2) is 13.6 Å². The van der Waals surface area contributed by atoms with Crippen LogP contribution < -0.4 is 5.14 Å². The summed E-state index contributed by atoms with van der Waals surface area (Å²) in [6.07, 6.45) is 3.25. The monoisotopic (exact) mass is 276 g/mol. The second kappa shape index (κ2) is 5.14. The van der Waals surface area contributed by atoms with Crippen molar-refractivity contribution >= 4 is 15.9 Å². The third-order valence-electron chi connectivity index (χ3n) is 3.80. The van der Waals surface area contributed by atoms with Crippen LogP contribution in [0.5, 0.6) is 0 Å². The van der Waals surface area contributed by atoms with E-state index in [1.165, 1.54) is 0 Å². The van der Waals surface area contributed by atoms with Gasteiger partial charge in [-0.05, 0) is 12.8 Å². The minimum absolute atomic E-state index is 0.0606. The second-order valence-corrected chi connectivity index (χ2v) is 7.02. The van der Waals surface area contributed by atoms with Gasteiger partial charge in [-0.3, -0.25) is 4.79 Å². The molecular formula is C11H20N2O4S. The van der Waals surface area contributed by atoms with Crippen LogP contribution in [0.4, 0.5) is 0 Å². The van der Waals surface area contributed by atoms with Crippen molar-refractivity contribution < 1.29 is 18.3 Å². The number of primary sulfonamides is 1. The molecule has 1 aliphatic carbocycles. The Morgan fingerprint density at radius 3 is 2.61 bits per heavy atom. The van der Waals surface area contributed by atoms with Crippen LogP contribution in [0.15, 0.2) is 0 Å². The summed E-state index contributed by atoms with van der Waals surface area (Å²) >= 11 is 0. The van der Waals surface area contributed by atoms with Gasteiger partial charge in [-0.2, -0.15) is 0 Å². The molecule has 1 aliphatic heterocycles. The smallest absolute Gasteiger partial charge is 0.223 e. The first kappa shape index (κ1) is 13.8. The summed E-state index contributed by atoms with van der Waals surface area (Å²) in [6.45, 7) is 0.400. The molecule has 2 rings (SSSR count). The maximum atomic E-state index is 11.9. The molecule has 2 fully saturated rings. The van der Waals surface area contributed by atoms with Gasteiger partial charge < -0.3 is 10.0 Å². The molecule has 1 amide bonds. The minimum Gasteiger partial charge on any atom is -0.391 e. The highest BCUT2D eigenvalue weighted by Gasteiger charge is 2.39. The first-order chi connectivity index (χ1) is 8.37. The van der Waals surface area contributed by atoms with Crippen LogP contribution in [-0.4, -0.2) is 48.8 Å². The normalized spacial score (nSPS) is 34.0. The zero-order valence-electron chi connectivity index (χ0n) is 10.3. The number of nitrogens with two attached hydrogens (primary N) is 1. The number of sulfonamides is 1. The van der Waals surface area contributed by atoms with E-state index in [2.05, 4.69) is 0 Å². The Balaban J connectivity index is 2.00. The molecule has 3 unspecified atom stereocenters. The van der Waals surface area contributed by atoms with Crippen molar-refractivity contribution in [1.82, 2.24) is 4.90 Å². The molecule has 1 saturated heterocycles. The average Bonchev–Trinajstić information content (AvgIpc) is 2.57. The Morgan fingerprint density at radius 2 is 2.00 bits per heavy atom. The summed E-state index contributed by atoms with van der Waals surface area (Å²) in [5, 5.41) is 14.9. The first-order valence-corrected chi connectivity index (χ1v) is 8.06. The third-order valence-corrected chi connectivity index (χ3v) is 4.74. The molecule has 2 aliphatic rings. The number of nitrogens with zero attached hydrogens (tertiary/aromatic N) is 1. The van der Waals surface area contributed by atoms with Gasteiger partial charge in [0.05, 0.1) is 17.9 Å². The van der Waals surface area contributed by atoms with Gasteiger partial charge >= 0.3 is 0 Å². The number of hydrogen-bond acceptors (Lipinski definition) is 4. The number of hydrogen-bond donors (Lipinski definition) is 2. The summed E-state index contributed by atoms with van der Waals surface area (Å²) in [6, 6.07) is -0.142. The second-order valence-electron chi connectivity index (χ2n) is 5.36. The summed E-state index contributed by atoms with van der Waals surface area (Å²) in [7, 11) is -3.54. The van der Waals surface area contributed by atoms with Crippen LogP contribution in [0.25, 0.3) is 0 Å². The Bertz CT molecular complexity index is 423. The lowest BCUT2D eigenvalue weighted by atomic mass is 9.91. The number of carbonyl (C=O) groups excluding carboxylic acids is 1. The zero-order valence-corrected chi connectivity index (χ0v) is 11.1. The lowest BCUT2D eigenvalue weighted by Crippen LogP contribution is -2.46. The van der Waals surface area contributed by atoms with Gasteiger partial charge in [0.2, 0.25) is 15.9 Å². The summed E-state index contributed by atoms with van der Waals surface area (Å²) in [5.41, 5.74) is 0. The van der Waals surface area contributed by atoms with Crippen molar-refractivity contribution in [3.05, 3.63) is 0 Å². The highest BCUT2D eigenvalue weighted by Crippen LogP contribution is 2.29. The lowest BCUT2D eigenvalue weighted by Gasteiger charge is -2.35. The largest absolute Gasteiger partial charge is 0.391 e. The first-order valence-electron chi connectivity index (χ1n) is 6.35. The highest BCUT2D eigenvalue weighted by molar-refractivity contribution is 7.89. The fourth-order valence-corrected chi connectivity index (χ4v) is 3.90. The SMILES string of the molecule is NS(=O)(=O)CC1CC(=O)N(C2CCCCC2O)C1. The van der Waals surface area contributed by atoms with E-state index in [1.54, 1.807) is 4.90 Å². The Labute approximate surface area is 107 Å². The lowest BCUT2D eigenvalue weighted by molar-refractivity contribution is -0.133. The molecule has 3 N–H and O–H groups in total. The van der Waals surface area contributed by atoms with Crippen LogP contribution in [-0.2, 0) is 14.8 Å². The number of rotatable bonds is 3. The van der Waals surface area contributed by atoms with Crippen LogP contribution in [0, 0.1) is 5.92 Å². The van der Waals surface area contributed by atoms with Crippen molar-refractivity contribution in [1.29, 1.82) is 0 Å². The molecule has 0 aromatic heterocycles. The number of amides is 1. The molecule has 0 bridgehead atoms. The molecule has 3 atom stereocenters. The number of carbonyl (C=O) groups is 1. The molecule has 0 radical (unpaired) electrons. The molecule has 6 nitrogen and oxygen atoms in total. The van der Waals surface area contributed by atoms with E-state index >= 15 is 0 Å². The van der Waals surface area contributed by atoms with Gasteiger partial charge in [0.25, 0.3) is 0 Å². The molecular weight excluding hydrogens is 256 g/mol. The van der Waals surface area contributed by atoms with E-state index in [4.69, 9.17) is 5.14 Å². The fraction of sp³-hybridized carbons (Fsp3) is 0.909. The molecule has 0 aromatic rings. The van der Waals surface area contributed by atoms with E-state index < -0.39 is 16.1 Å². The van der Waals surface area contributed by atoms with Crippen molar-refractivity contribution in [2.24, 2.45) is 11.1 Å². The average molecular weight is 276 g/mol. The third kappa shape index (κ3) is 3.21. The van der Waals surface area contributed by atoms with Gasteiger partial charge in [-0.15, -0.1) is 0 Å². The van der Waals surface area contributed by atoms with E-state index in [-0.39, 0.29) is 30.0 Å². The van der Waals surface area contributed by atoms with Gasteiger partial charge in [0.15, 0.2) is 0 Å². The topological polar surface area (TPSA) is 101 Å². The highest BCUT2D eigenvalue weighted by atomic mass is 32.2. The van der Waals surface area contributed by atoms with Crippen LogP contribution >= 0.6 is 0 Å². The van der Waals surface area contributed by atoms with E-state index in [0.29, 0.717) is 13.0 Å². The molecule has 104 valence electrons. The standard InChI is InChI=1S/C11H20N2O4S/c12-18(16,17)7-8-5-11(15)13(6-8)9-3-1-2-4-10(9)14/h8-10,14H,1-7H2,(H2,12,16,17). The van der Waals surface area contributed by atoms with E-state index in [9.17, 15) is 18.3 Å². The Kier molecular flexibility index (Phi) is 3.93. The summed E-state index contributed by atoms with van der Waals surface area (Å²) in [5.74, 6) is -0.450. The molecule has 1 saturated carbocycles. The van der Waals surface area contributed by atoms with Crippen LogP contribution in [0.3, 0.4) is 0 Å². The molecule has 18 heavy (non-hydrogen) atoms. The quantitative estimate of drug-likeness (QED) is 0.720. The van der Waals surface area contributed by atoms with Crippen LogP contribution in [0.1, 0.15) is 32.1 Å². The maximum Gasteiger partial charge on any atom is 0.223 e. The van der Waals surface area contributed by atoms with Crippen molar-refractivity contribution in [2.45, 2.75) is 44.2 Å². The van der Waals surface area contributed by atoms with Crippen molar-refractivity contribution in [3.8, 4) is 0 Å². The van der Waals surface area contributed by atoms with E-state index in [0.717, 1.165) is 19.3 Å². The van der Waals surface area contributed by atoms with Crippen LogP contribution in [0.2, 0.25) is 0 Å². The number of aliphatic hydroxyl groups is 1. The molecule has 1 heterocycles.